The maximum atomic E-state index is 12.4. The van der Waals surface area contributed by atoms with E-state index in [2.05, 4.69) is 50.4 Å². The second-order valence-corrected chi connectivity index (χ2v) is 6.81. The van der Waals surface area contributed by atoms with Gasteiger partial charge in [0.05, 0.1) is 6.04 Å². The van der Waals surface area contributed by atoms with Crippen LogP contribution in [0.25, 0.3) is 0 Å². The molecule has 4 heteroatoms. The van der Waals surface area contributed by atoms with Crippen molar-refractivity contribution in [1.82, 2.24) is 10.2 Å². The summed E-state index contributed by atoms with van der Waals surface area (Å²) in [5, 5.41) is 3.10. The van der Waals surface area contributed by atoms with Gasteiger partial charge in [-0.1, -0.05) is 52.3 Å². The molecule has 1 amide bonds. The van der Waals surface area contributed by atoms with Gasteiger partial charge in [0.2, 0.25) is 0 Å². The summed E-state index contributed by atoms with van der Waals surface area (Å²) in [7, 11) is 0. The van der Waals surface area contributed by atoms with E-state index in [1.807, 2.05) is 30.3 Å². The smallest absolute Gasteiger partial charge is 0.251 e. The molecule has 0 saturated carbocycles. The molecule has 3 rings (SSSR count). The summed E-state index contributed by atoms with van der Waals surface area (Å²) in [6, 6.07) is 18.2. The molecule has 0 unspecified atom stereocenters. The van der Waals surface area contributed by atoms with E-state index >= 15 is 0 Å². The second kappa shape index (κ2) is 7.75. The van der Waals surface area contributed by atoms with E-state index in [1.54, 1.807) is 0 Å². The summed E-state index contributed by atoms with van der Waals surface area (Å²) < 4.78 is 0.921. The van der Waals surface area contributed by atoms with Crippen LogP contribution in [0.3, 0.4) is 0 Å². The Morgan fingerprint density at radius 3 is 2.52 bits per heavy atom. The van der Waals surface area contributed by atoms with Crippen LogP contribution in [-0.4, -0.2) is 30.4 Å². The first kappa shape index (κ1) is 16.2. The van der Waals surface area contributed by atoms with Crippen LogP contribution in [0.2, 0.25) is 0 Å². The van der Waals surface area contributed by atoms with E-state index in [0.29, 0.717) is 12.1 Å². The minimum absolute atomic E-state index is 0.0218. The quantitative estimate of drug-likeness (QED) is 0.859. The van der Waals surface area contributed by atoms with Crippen molar-refractivity contribution in [2.45, 2.75) is 18.9 Å². The number of nitrogens with zero attached hydrogens (tertiary/aromatic N) is 1. The Bertz CT molecular complexity index is 653. The van der Waals surface area contributed by atoms with Gasteiger partial charge in [-0.05, 0) is 49.7 Å². The van der Waals surface area contributed by atoms with Crippen LogP contribution in [0.5, 0.6) is 0 Å². The SMILES string of the molecule is O=C(NC[C@@H](c1ccccc1)N1CCCC1)c1cccc(Br)c1. The lowest BCUT2D eigenvalue weighted by atomic mass is 10.1. The Morgan fingerprint density at radius 1 is 1.09 bits per heavy atom. The first-order valence-corrected chi connectivity index (χ1v) is 8.86. The highest BCUT2D eigenvalue weighted by molar-refractivity contribution is 9.10. The molecule has 2 aromatic carbocycles. The number of benzene rings is 2. The molecule has 3 nitrogen and oxygen atoms in total. The van der Waals surface area contributed by atoms with Crippen molar-refractivity contribution in [2.75, 3.05) is 19.6 Å². The zero-order valence-corrected chi connectivity index (χ0v) is 14.6. The number of amides is 1. The summed E-state index contributed by atoms with van der Waals surface area (Å²) in [5.41, 5.74) is 1.96. The molecule has 0 bridgehead atoms. The van der Waals surface area contributed by atoms with Gasteiger partial charge < -0.3 is 5.32 Å². The third kappa shape index (κ3) is 4.21. The molecule has 120 valence electrons. The molecular weight excluding hydrogens is 352 g/mol. The van der Waals surface area contributed by atoms with E-state index in [-0.39, 0.29) is 11.9 Å². The number of halogens is 1. The largest absolute Gasteiger partial charge is 0.350 e. The minimum Gasteiger partial charge on any atom is -0.350 e. The second-order valence-electron chi connectivity index (χ2n) is 5.89. The lowest BCUT2D eigenvalue weighted by Gasteiger charge is -2.28. The predicted molar refractivity (Wildman–Crippen MR) is 96.5 cm³/mol. The molecule has 0 radical (unpaired) electrons. The fourth-order valence-corrected chi connectivity index (χ4v) is 3.51. The van der Waals surface area contributed by atoms with Gasteiger partial charge in [-0.25, -0.2) is 0 Å². The Kier molecular flexibility index (Phi) is 5.47. The fourth-order valence-electron chi connectivity index (χ4n) is 3.11. The Labute approximate surface area is 145 Å². The molecule has 1 fully saturated rings. The standard InChI is InChI=1S/C19H21BrN2O/c20-17-10-6-9-16(13-17)19(23)21-14-18(22-11-4-5-12-22)15-7-2-1-3-8-15/h1-3,6-10,13,18H,4-5,11-12,14H2,(H,21,23)/t18-/m0/s1. The summed E-state index contributed by atoms with van der Waals surface area (Å²) >= 11 is 3.41. The monoisotopic (exact) mass is 372 g/mol. The lowest BCUT2D eigenvalue weighted by molar-refractivity contribution is 0.0938. The van der Waals surface area contributed by atoms with Crippen molar-refractivity contribution < 1.29 is 4.79 Å². The third-order valence-corrected chi connectivity index (χ3v) is 4.80. The molecule has 0 spiro atoms. The van der Waals surface area contributed by atoms with Crippen LogP contribution in [0.1, 0.15) is 34.8 Å². The van der Waals surface area contributed by atoms with Gasteiger partial charge in [0.15, 0.2) is 0 Å². The number of nitrogens with one attached hydrogen (secondary N) is 1. The van der Waals surface area contributed by atoms with Crippen molar-refractivity contribution in [3.05, 3.63) is 70.2 Å². The maximum absolute atomic E-state index is 12.4. The van der Waals surface area contributed by atoms with E-state index in [4.69, 9.17) is 0 Å². The lowest BCUT2D eigenvalue weighted by Crippen LogP contribution is -2.36. The topological polar surface area (TPSA) is 32.3 Å². The number of rotatable bonds is 5. The first-order valence-electron chi connectivity index (χ1n) is 8.07. The first-order chi connectivity index (χ1) is 11.2. The molecule has 1 aliphatic rings. The van der Waals surface area contributed by atoms with Crippen molar-refractivity contribution in [2.24, 2.45) is 0 Å². The van der Waals surface area contributed by atoms with Crippen LogP contribution < -0.4 is 5.32 Å². The van der Waals surface area contributed by atoms with E-state index < -0.39 is 0 Å². The zero-order valence-electron chi connectivity index (χ0n) is 13.0. The summed E-state index contributed by atoms with van der Waals surface area (Å²) in [4.78, 5) is 14.9. The van der Waals surface area contributed by atoms with E-state index in [9.17, 15) is 4.79 Å². The number of hydrogen-bond donors (Lipinski definition) is 1. The van der Waals surface area contributed by atoms with Crippen molar-refractivity contribution in [3.8, 4) is 0 Å². The van der Waals surface area contributed by atoms with E-state index in [1.165, 1.54) is 18.4 Å². The number of carbonyl (C=O) groups excluding carboxylic acids is 1. The average Bonchev–Trinajstić information content (AvgIpc) is 3.10. The predicted octanol–water partition coefficient (Wildman–Crippen LogP) is 4.02. The van der Waals surface area contributed by atoms with Gasteiger partial charge in [-0.3, -0.25) is 9.69 Å². The summed E-state index contributed by atoms with van der Waals surface area (Å²) in [5.74, 6) is -0.0218. The molecule has 1 aliphatic heterocycles. The number of likely N-dealkylation sites (tertiary alicyclic amines) is 1. The van der Waals surface area contributed by atoms with Gasteiger partial charge >= 0.3 is 0 Å². The molecule has 1 saturated heterocycles. The molecule has 2 aromatic rings. The molecule has 1 N–H and O–H groups in total. The Morgan fingerprint density at radius 2 is 1.83 bits per heavy atom. The molecule has 1 heterocycles. The fraction of sp³-hybridized carbons (Fsp3) is 0.316. The summed E-state index contributed by atoms with van der Waals surface area (Å²) in [6.45, 7) is 2.84. The third-order valence-electron chi connectivity index (χ3n) is 4.31. The van der Waals surface area contributed by atoms with Gasteiger partial charge in [-0.15, -0.1) is 0 Å². The average molecular weight is 373 g/mol. The summed E-state index contributed by atoms with van der Waals surface area (Å²) in [6.07, 6.45) is 2.48. The maximum Gasteiger partial charge on any atom is 0.251 e. The number of hydrogen-bond acceptors (Lipinski definition) is 2. The Balaban J connectivity index is 1.70. The molecular formula is C19H21BrN2O. The van der Waals surface area contributed by atoms with Crippen molar-refractivity contribution in [1.29, 1.82) is 0 Å². The highest BCUT2D eigenvalue weighted by atomic mass is 79.9. The van der Waals surface area contributed by atoms with Crippen LogP contribution in [-0.2, 0) is 0 Å². The van der Waals surface area contributed by atoms with E-state index in [0.717, 1.165) is 17.6 Å². The van der Waals surface area contributed by atoms with Crippen LogP contribution in [0.4, 0.5) is 0 Å². The van der Waals surface area contributed by atoms with Gasteiger partial charge in [0.25, 0.3) is 5.91 Å². The van der Waals surface area contributed by atoms with Crippen molar-refractivity contribution in [3.63, 3.8) is 0 Å². The van der Waals surface area contributed by atoms with Crippen LogP contribution >= 0.6 is 15.9 Å². The number of carbonyl (C=O) groups is 1. The van der Waals surface area contributed by atoms with Gasteiger partial charge in [0.1, 0.15) is 0 Å². The molecule has 1 atom stereocenters. The van der Waals surface area contributed by atoms with Gasteiger partial charge in [-0.2, -0.15) is 0 Å². The van der Waals surface area contributed by atoms with Crippen LogP contribution in [0.15, 0.2) is 59.1 Å². The molecule has 0 aromatic heterocycles. The zero-order chi connectivity index (χ0) is 16.1. The highest BCUT2D eigenvalue weighted by Crippen LogP contribution is 2.24. The van der Waals surface area contributed by atoms with Gasteiger partial charge in [0, 0.05) is 16.6 Å². The molecule has 0 aliphatic carbocycles. The minimum atomic E-state index is -0.0218. The molecule has 23 heavy (non-hydrogen) atoms. The Hall–Kier alpha value is -1.65. The normalized spacial score (nSPS) is 16.2. The highest BCUT2D eigenvalue weighted by Gasteiger charge is 2.23. The van der Waals surface area contributed by atoms with Crippen molar-refractivity contribution >= 4 is 21.8 Å². The van der Waals surface area contributed by atoms with Crippen LogP contribution in [0, 0.1) is 0 Å².